The molecule has 1 aromatic heterocycles. The summed E-state index contributed by atoms with van der Waals surface area (Å²) in [6.45, 7) is 0. The number of nitrogens with one attached hydrogen (secondary N) is 2. The molecule has 116 valence electrons. The first-order chi connectivity index (χ1) is 10.5. The Balaban J connectivity index is 1.69. The number of benzene rings is 1. The third-order valence-electron chi connectivity index (χ3n) is 3.38. The molecule has 0 radical (unpaired) electrons. The summed E-state index contributed by atoms with van der Waals surface area (Å²) in [6, 6.07) is 6.35. The molecule has 8 heteroatoms. The van der Waals surface area contributed by atoms with E-state index in [0.717, 1.165) is 37.0 Å². The fourth-order valence-corrected chi connectivity index (χ4v) is 4.33. The molecule has 3 rings (SSSR count). The molecule has 5 nitrogen and oxygen atoms in total. The third kappa shape index (κ3) is 3.03. The Bertz CT molecular complexity index is 809. The van der Waals surface area contributed by atoms with Crippen LogP contribution in [0.25, 0.3) is 0 Å². The molecule has 0 fully saturated rings. The zero-order valence-corrected chi connectivity index (χ0v) is 13.1. The van der Waals surface area contributed by atoms with Crippen molar-refractivity contribution < 1.29 is 17.6 Å². The molecule has 0 bridgehead atoms. The summed E-state index contributed by atoms with van der Waals surface area (Å²) >= 11 is 1.37. The average Bonchev–Trinajstić information content (AvgIpc) is 3.06. The van der Waals surface area contributed by atoms with E-state index in [1.165, 1.54) is 28.3 Å². The number of sulfonamides is 1. The summed E-state index contributed by atoms with van der Waals surface area (Å²) in [5, 5.41) is 0. The number of hydrogen-bond acceptors (Lipinski definition) is 4. The molecule has 2 aromatic rings. The predicted octanol–water partition coefficient (Wildman–Crippen LogP) is 2.00. The third-order valence-corrected chi connectivity index (χ3v) is 5.86. The van der Waals surface area contributed by atoms with E-state index in [1.54, 1.807) is 6.07 Å². The molecule has 2 N–H and O–H groups in total. The second kappa shape index (κ2) is 5.79. The highest BCUT2D eigenvalue weighted by molar-refractivity contribution is 7.89. The topological polar surface area (TPSA) is 75.3 Å². The molecule has 1 aliphatic rings. The first kappa shape index (κ1) is 15.1. The number of fused-ring (bicyclic) bond motifs is 1. The van der Waals surface area contributed by atoms with Gasteiger partial charge in [0.2, 0.25) is 0 Å². The molecule has 0 unspecified atom stereocenters. The van der Waals surface area contributed by atoms with Gasteiger partial charge in [0.1, 0.15) is 5.82 Å². The minimum atomic E-state index is -4.00. The lowest BCUT2D eigenvalue weighted by atomic mass is 10.2. The standard InChI is InChI=1S/C14H13FN2O3S2/c15-10-4-2-5-11(8-10)22(19,20)17-16-14(18)13-7-9-3-1-6-12(9)21-13/h2,4-5,7-8,17H,1,3,6H2,(H,16,18). The maximum absolute atomic E-state index is 13.1. The van der Waals surface area contributed by atoms with E-state index in [-0.39, 0.29) is 4.90 Å². The fraction of sp³-hybridized carbons (Fsp3) is 0.214. The SMILES string of the molecule is O=C(NNS(=O)(=O)c1cccc(F)c1)c1cc2c(s1)CCC2. The van der Waals surface area contributed by atoms with Gasteiger partial charge in [-0.1, -0.05) is 6.07 Å². The minimum Gasteiger partial charge on any atom is -0.273 e. The zero-order valence-electron chi connectivity index (χ0n) is 11.4. The van der Waals surface area contributed by atoms with Crippen LogP contribution in [0.4, 0.5) is 4.39 Å². The molecular weight excluding hydrogens is 327 g/mol. The maximum Gasteiger partial charge on any atom is 0.276 e. The smallest absolute Gasteiger partial charge is 0.273 e. The monoisotopic (exact) mass is 340 g/mol. The van der Waals surface area contributed by atoms with Crippen molar-refractivity contribution in [2.24, 2.45) is 0 Å². The minimum absolute atomic E-state index is 0.249. The first-order valence-corrected chi connectivity index (χ1v) is 8.95. The molecular formula is C14H13FN2O3S2. The lowest BCUT2D eigenvalue weighted by Crippen LogP contribution is -2.41. The van der Waals surface area contributed by atoms with Gasteiger partial charge in [0.15, 0.2) is 0 Å². The Hall–Kier alpha value is -1.77. The maximum atomic E-state index is 13.1. The lowest BCUT2D eigenvalue weighted by Gasteiger charge is -2.07. The van der Waals surface area contributed by atoms with E-state index in [9.17, 15) is 17.6 Å². The molecule has 0 saturated heterocycles. The van der Waals surface area contributed by atoms with E-state index >= 15 is 0 Å². The van der Waals surface area contributed by atoms with Crippen LogP contribution >= 0.6 is 11.3 Å². The van der Waals surface area contributed by atoms with Crippen molar-refractivity contribution in [3.05, 3.63) is 51.5 Å². The van der Waals surface area contributed by atoms with Gasteiger partial charge >= 0.3 is 0 Å². The number of rotatable bonds is 4. The Morgan fingerprint density at radius 3 is 2.77 bits per heavy atom. The molecule has 0 aliphatic heterocycles. The van der Waals surface area contributed by atoms with Crippen molar-refractivity contribution in [2.45, 2.75) is 24.2 Å². The van der Waals surface area contributed by atoms with Gasteiger partial charge in [-0.2, -0.15) is 0 Å². The number of aryl methyl sites for hydroxylation is 2. The fourth-order valence-electron chi connectivity index (χ4n) is 2.31. The van der Waals surface area contributed by atoms with Crippen LogP contribution in [0.2, 0.25) is 0 Å². The Kier molecular flexibility index (Phi) is 3.98. The second-order valence-electron chi connectivity index (χ2n) is 4.93. The summed E-state index contributed by atoms with van der Waals surface area (Å²) in [5.41, 5.74) is 3.31. The van der Waals surface area contributed by atoms with Crippen molar-refractivity contribution in [3.63, 3.8) is 0 Å². The second-order valence-corrected chi connectivity index (χ2v) is 7.75. The Labute approximate surface area is 131 Å². The van der Waals surface area contributed by atoms with Gasteiger partial charge in [0, 0.05) is 4.88 Å². The average molecular weight is 340 g/mol. The molecule has 22 heavy (non-hydrogen) atoms. The number of carbonyl (C=O) groups excluding carboxylic acids is 1. The summed E-state index contributed by atoms with van der Waals surface area (Å²) in [4.78, 5) is 15.4. The largest absolute Gasteiger partial charge is 0.276 e. The number of hydrazine groups is 1. The van der Waals surface area contributed by atoms with Gasteiger partial charge in [0.25, 0.3) is 15.9 Å². The van der Waals surface area contributed by atoms with Crippen LogP contribution in [0, 0.1) is 5.82 Å². The lowest BCUT2D eigenvalue weighted by molar-refractivity contribution is 0.0949. The van der Waals surface area contributed by atoms with Crippen LogP contribution in [-0.4, -0.2) is 14.3 Å². The zero-order chi connectivity index (χ0) is 15.7. The number of thiophene rings is 1. The van der Waals surface area contributed by atoms with E-state index in [2.05, 4.69) is 5.43 Å². The van der Waals surface area contributed by atoms with Gasteiger partial charge in [-0.3, -0.25) is 10.2 Å². The molecule has 1 aromatic carbocycles. The molecule has 1 amide bonds. The van der Waals surface area contributed by atoms with E-state index < -0.39 is 21.7 Å². The molecule has 0 saturated carbocycles. The van der Waals surface area contributed by atoms with Crippen LogP contribution in [0.15, 0.2) is 35.2 Å². The van der Waals surface area contributed by atoms with Gasteiger partial charge in [0.05, 0.1) is 9.77 Å². The molecule has 1 aliphatic carbocycles. The first-order valence-electron chi connectivity index (χ1n) is 6.65. The normalized spacial score (nSPS) is 13.9. The van der Waals surface area contributed by atoms with E-state index in [4.69, 9.17) is 0 Å². The molecule has 0 spiro atoms. The van der Waals surface area contributed by atoms with E-state index in [1.807, 2.05) is 4.83 Å². The van der Waals surface area contributed by atoms with Gasteiger partial charge in [-0.15, -0.1) is 16.2 Å². The van der Waals surface area contributed by atoms with Gasteiger partial charge in [-0.25, -0.2) is 12.8 Å². The highest BCUT2D eigenvalue weighted by atomic mass is 32.2. The highest BCUT2D eigenvalue weighted by Crippen LogP contribution is 2.30. The van der Waals surface area contributed by atoms with Crippen LogP contribution < -0.4 is 10.3 Å². The number of hydrogen-bond donors (Lipinski definition) is 2. The van der Waals surface area contributed by atoms with Crippen LogP contribution in [0.1, 0.15) is 26.5 Å². The summed E-state index contributed by atoms with van der Waals surface area (Å²) < 4.78 is 37.0. The van der Waals surface area contributed by atoms with Gasteiger partial charge in [-0.05, 0) is 49.1 Å². The van der Waals surface area contributed by atoms with E-state index in [0.29, 0.717) is 4.88 Å². The van der Waals surface area contributed by atoms with Crippen LogP contribution in [0.3, 0.4) is 0 Å². The van der Waals surface area contributed by atoms with Gasteiger partial charge < -0.3 is 0 Å². The van der Waals surface area contributed by atoms with Crippen LogP contribution in [0.5, 0.6) is 0 Å². The summed E-state index contributed by atoms with van der Waals surface area (Å²) in [7, 11) is -4.00. The van der Waals surface area contributed by atoms with Crippen molar-refractivity contribution >= 4 is 27.3 Å². The highest BCUT2D eigenvalue weighted by Gasteiger charge is 2.20. The van der Waals surface area contributed by atoms with Crippen molar-refractivity contribution in [1.29, 1.82) is 0 Å². The Morgan fingerprint density at radius 2 is 2.05 bits per heavy atom. The molecule has 1 heterocycles. The number of carbonyl (C=O) groups is 1. The number of halogens is 1. The Morgan fingerprint density at radius 1 is 1.23 bits per heavy atom. The van der Waals surface area contributed by atoms with Crippen molar-refractivity contribution in [3.8, 4) is 0 Å². The van der Waals surface area contributed by atoms with Crippen LogP contribution in [-0.2, 0) is 22.9 Å². The van der Waals surface area contributed by atoms with Crippen molar-refractivity contribution in [1.82, 2.24) is 10.3 Å². The summed E-state index contributed by atoms with van der Waals surface area (Å²) in [6.07, 6.45) is 3.01. The number of amides is 1. The molecule has 0 atom stereocenters. The van der Waals surface area contributed by atoms with Crippen molar-refractivity contribution in [2.75, 3.05) is 0 Å². The quantitative estimate of drug-likeness (QED) is 0.836. The summed E-state index contributed by atoms with van der Waals surface area (Å²) in [5.74, 6) is -1.18. The predicted molar refractivity (Wildman–Crippen MR) is 80.5 cm³/mol.